The quantitative estimate of drug-likeness (QED) is 0.562. The number of benzene rings is 2. The molecule has 1 aromatic heterocycles. The zero-order valence-corrected chi connectivity index (χ0v) is 17.0. The molecule has 0 saturated carbocycles. The Balaban J connectivity index is 1.88. The summed E-state index contributed by atoms with van der Waals surface area (Å²) in [6.45, 7) is 4.16. The summed E-state index contributed by atoms with van der Waals surface area (Å²) in [6.07, 6.45) is 3.24. The first-order chi connectivity index (χ1) is 13.5. The van der Waals surface area contributed by atoms with Crippen molar-refractivity contribution in [3.8, 4) is 22.7 Å². The van der Waals surface area contributed by atoms with Gasteiger partial charge in [-0.3, -0.25) is 0 Å². The molecule has 3 aromatic rings. The van der Waals surface area contributed by atoms with Crippen molar-refractivity contribution >= 4 is 17.2 Å². The summed E-state index contributed by atoms with van der Waals surface area (Å²) in [5.74, 6) is 0.773. The van der Waals surface area contributed by atoms with Crippen LogP contribution < -0.4 is 4.74 Å². The van der Waals surface area contributed by atoms with Gasteiger partial charge in [-0.15, -0.1) is 0 Å². The highest BCUT2D eigenvalue weighted by atomic mass is 35.5. The SMILES string of the molecule is COc1ccccc1-n1nc(C2=CC(C)OC(C)C2)cc1-c1ccc(Cl)cc1. The molecule has 0 spiro atoms. The van der Waals surface area contributed by atoms with E-state index < -0.39 is 0 Å². The van der Waals surface area contributed by atoms with Gasteiger partial charge < -0.3 is 9.47 Å². The van der Waals surface area contributed by atoms with Crippen LogP contribution in [0.15, 0.2) is 60.7 Å². The third-order valence-electron chi connectivity index (χ3n) is 4.88. The lowest BCUT2D eigenvalue weighted by molar-refractivity contribution is 0.0303. The van der Waals surface area contributed by atoms with E-state index in [1.807, 2.05) is 53.2 Å². The second-order valence-electron chi connectivity index (χ2n) is 7.05. The van der Waals surface area contributed by atoms with Gasteiger partial charge in [0.05, 0.1) is 30.7 Å². The van der Waals surface area contributed by atoms with Crippen LogP contribution in [0.2, 0.25) is 5.02 Å². The highest BCUT2D eigenvalue weighted by molar-refractivity contribution is 6.30. The molecule has 2 heterocycles. The molecule has 1 aliphatic heterocycles. The molecule has 0 N–H and O–H groups in total. The van der Waals surface area contributed by atoms with E-state index in [1.165, 1.54) is 5.57 Å². The number of hydrogen-bond donors (Lipinski definition) is 0. The van der Waals surface area contributed by atoms with Crippen molar-refractivity contribution in [2.75, 3.05) is 7.11 Å². The lowest BCUT2D eigenvalue weighted by atomic mass is 10.00. The zero-order valence-electron chi connectivity index (χ0n) is 16.2. The van der Waals surface area contributed by atoms with E-state index in [0.717, 1.165) is 34.8 Å². The van der Waals surface area contributed by atoms with Gasteiger partial charge in [-0.05, 0) is 49.8 Å². The van der Waals surface area contributed by atoms with Crippen LogP contribution in [0.1, 0.15) is 26.0 Å². The molecule has 28 heavy (non-hydrogen) atoms. The van der Waals surface area contributed by atoms with E-state index in [4.69, 9.17) is 26.2 Å². The smallest absolute Gasteiger partial charge is 0.144 e. The monoisotopic (exact) mass is 394 g/mol. The van der Waals surface area contributed by atoms with Crippen LogP contribution in [0.25, 0.3) is 22.5 Å². The maximum Gasteiger partial charge on any atom is 0.144 e. The first-order valence-corrected chi connectivity index (χ1v) is 9.79. The molecular formula is C23H23ClN2O2. The summed E-state index contributed by atoms with van der Waals surface area (Å²) in [5.41, 5.74) is 5.09. The van der Waals surface area contributed by atoms with E-state index >= 15 is 0 Å². The minimum absolute atomic E-state index is 0.0779. The minimum atomic E-state index is 0.0779. The maximum absolute atomic E-state index is 6.10. The van der Waals surface area contributed by atoms with Crippen molar-refractivity contribution in [1.29, 1.82) is 0 Å². The van der Waals surface area contributed by atoms with Crippen molar-refractivity contribution in [1.82, 2.24) is 9.78 Å². The highest BCUT2D eigenvalue weighted by Crippen LogP contribution is 2.34. The Morgan fingerprint density at radius 2 is 1.86 bits per heavy atom. The molecule has 144 valence electrons. The Bertz CT molecular complexity index is 1010. The second-order valence-corrected chi connectivity index (χ2v) is 7.49. The van der Waals surface area contributed by atoms with E-state index in [2.05, 4.69) is 26.0 Å². The number of ether oxygens (including phenoxy) is 2. The van der Waals surface area contributed by atoms with Crippen molar-refractivity contribution in [2.45, 2.75) is 32.5 Å². The fourth-order valence-corrected chi connectivity index (χ4v) is 3.78. The van der Waals surface area contributed by atoms with Gasteiger partial charge in [-0.2, -0.15) is 5.10 Å². The largest absolute Gasteiger partial charge is 0.494 e. The molecule has 5 heteroatoms. The molecule has 2 aromatic carbocycles. The molecular weight excluding hydrogens is 372 g/mol. The van der Waals surface area contributed by atoms with Crippen LogP contribution in [0, 0.1) is 0 Å². The van der Waals surface area contributed by atoms with Crippen molar-refractivity contribution in [3.05, 3.63) is 71.4 Å². The van der Waals surface area contributed by atoms with Crippen LogP contribution in [0.4, 0.5) is 0 Å². The van der Waals surface area contributed by atoms with Gasteiger partial charge in [0.2, 0.25) is 0 Å². The van der Waals surface area contributed by atoms with Gasteiger partial charge in [-0.25, -0.2) is 4.68 Å². The fraction of sp³-hybridized carbons (Fsp3) is 0.261. The Morgan fingerprint density at radius 1 is 1.11 bits per heavy atom. The van der Waals surface area contributed by atoms with Crippen molar-refractivity contribution in [3.63, 3.8) is 0 Å². The Labute approximate surface area is 170 Å². The number of halogens is 1. The number of nitrogens with zero attached hydrogens (tertiary/aromatic N) is 2. The molecule has 2 unspecified atom stereocenters. The first kappa shape index (κ1) is 18.8. The first-order valence-electron chi connectivity index (χ1n) is 9.41. The summed E-state index contributed by atoms with van der Waals surface area (Å²) in [6, 6.07) is 17.9. The predicted molar refractivity (Wildman–Crippen MR) is 113 cm³/mol. The van der Waals surface area contributed by atoms with Crippen LogP contribution in [0.3, 0.4) is 0 Å². The van der Waals surface area contributed by atoms with Crippen molar-refractivity contribution < 1.29 is 9.47 Å². The lowest BCUT2D eigenvalue weighted by Crippen LogP contribution is -2.21. The normalized spacial score (nSPS) is 19.4. The second kappa shape index (κ2) is 7.82. The molecule has 0 saturated heterocycles. The lowest BCUT2D eigenvalue weighted by Gasteiger charge is -2.24. The van der Waals surface area contributed by atoms with Crippen LogP contribution in [-0.2, 0) is 4.74 Å². The number of para-hydroxylation sites is 2. The molecule has 0 amide bonds. The third kappa shape index (κ3) is 3.71. The number of rotatable bonds is 4. The molecule has 1 aliphatic rings. The summed E-state index contributed by atoms with van der Waals surface area (Å²) in [5, 5.41) is 5.67. The minimum Gasteiger partial charge on any atom is -0.494 e. The van der Waals surface area contributed by atoms with Crippen LogP contribution in [0.5, 0.6) is 5.75 Å². The molecule has 0 radical (unpaired) electrons. The summed E-state index contributed by atoms with van der Waals surface area (Å²) in [4.78, 5) is 0. The van der Waals surface area contributed by atoms with Gasteiger partial charge in [-0.1, -0.05) is 41.9 Å². The van der Waals surface area contributed by atoms with Gasteiger partial charge in [0.1, 0.15) is 11.4 Å². The molecule has 0 aliphatic carbocycles. The molecule has 4 nitrogen and oxygen atoms in total. The summed E-state index contributed by atoms with van der Waals surface area (Å²) < 4.78 is 13.4. The Kier molecular flexibility index (Phi) is 5.25. The average molecular weight is 395 g/mol. The predicted octanol–water partition coefficient (Wildman–Crippen LogP) is 5.78. The average Bonchev–Trinajstić information content (AvgIpc) is 3.13. The van der Waals surface area contributed by atoms with Gasteiger partial charge in [0.15, 0.2) is 0 Å². The standard InChI is InChI=1S/C23H23ClN2O2/c1-15-12-18(13-16(2)28-15)20-14-22(17-8-10-19(24)11-9-17)26(25-20)21-6-4-5-7-23(21)27-3/h4-12,14-16H,13H2,1-3H3. The number of aromatic nitrogens is 2. The third-order valence-corrected chi connectivity index (χ3v) is 5.13. The maximum atomic E-state index is 6.10. The molecule has 0 fully saturated rings. The summed E-state index contributed by atoms with van der Waals surface area (Å²) in [7, 11) is 1.68. The van der Waals surface area contributed by atoms with Gasteiger partial charge in [0, 0.05) is 17.0 Å². The molecule has 0 bridgehead atoms. The van der Waals surface area contributed by atoms with E-state index in [-0.39, 0.29) is 12.2 Å². The van der Waals surface area contributed by atoms with Crippen LogP contribution >= 0.6 is 11.6 Å². The highest BCUT2D eigenvalue weighted by Gasteiger charge is 2.22. The van der Waals surface area contributed by atoms with Crippen LogP contribution in [-0.4, -0.2) is 29.1 Å². The Morgan fingerprint density at radius 3 is 2.57 bits per heavy atom. The summed E-state index contributed by atoms with van der Waals surface area (Å²) >= 11 is 6.10. The van der Waals surface area contributed by atoms with E-state index in [1.54, 1.807) is 7.11 Å². The van der Waals surface area contributed by atoms with E-state index in [9.17, 15) is 0 Å². The van der Waals surface area contributed by atoms with Crippen molar-refractivity contribution in [2.24, 2.45) is 0 Å². The molecule has 2 atom stereocenters. The Hall–Kier alpha value is -2.56. The topological polar surface area (TPSA) is 36.3 Å². The van der Waals surface area contributed by atoms with E-state index in [0.29, 0.717) is 5.02 Å². The fourth-order valence-electron chi connectivity index (χ4n) is 3.66. The number of hydrogen-bond acceptors (Lipinski definition) is 3. The number of methoxy groups -OCH3 is 1. The zero-order chi connectivity index (χ0) is 19.7. The van der Waals surface area contributed by atoms with Gasteiger partial charge in [0.25, 0.3) is 0 Å². The molecule has 4 rings (SSSR count). The van der Waals surface area contributed by atoms with Gasteiger partial charge >= 0.3 is 0 Å².